The van der Waals surface area contributed by atoms with Gasteiger partial charge in [0.05, 0.1) is 12.2 Å². The summed E-state index contributed by atoms with van der Waals surface area (Å²) in [4.78, 5) is 11.3. The van der Waals surface area contributed by atoms with Crippen molar-refractivity contribution >= 4 is 22.4 Å². The minimum Gasteiger partial charge on any atom is -0.396 e. The highest BCUT2D eigenvalue weighted by molar-refractivity contribution is 7.13. The van der Waals surface area contributed by atoms with Crippen LogP contribution in [-0.4, -0.2) is 49.8 Å². The quantitative estimate of drug-likeness (QED) is 0.486. The maximum absolute atomic E-state index is 9.47. The number of hydrogen-bond acceptors (Lipinski definition) is 5. The van der Waals surface area contributed by atoms with E-state index in [0.717, 1.165) is 36.3 Å². The number of nitrogens with one attached hydrogen (secondary N) is 2. The van der Waals surface area contributed by atoms with Gasteiger partial charge in [-0.1, -0.05) is 19.3 Å². The van der Waals surface area contributed by atoms with Gasteiger partial charge in [0.1, 0.15) is 0 Å². The second-order valence-electron chi connectivity index (χ2n) is 7.10. The van der Waals surface area contributed by atoms with Gasteiger partial charge in [-0.15, -0.1) is 11.3 Å². The lowest BCUT2D eigenvalue weighted by Crippen LogP contribution is -2.44. The van der Waals surface area contributed by atoms with Crippen molar-refractivity contribution in [2.24, 2.45) is 10.4 Å². The first kappa shape index (κ1) is 20.0. The fourth-order valence-electron chi connectivity index (χ4n) is 3.40. The summed E-state index contributed by atoms with van der Waals surface area (Å²) in [6.45, 7) is 4.63. The van der Waals surface area contributed by atoms with Crippen LogP contribution in [0.1, 0.15) is 51.1 Å². The zero-order chi connectivity index (χ0) is 18.1. The average molecular weight is 368 g/mol. The van der Waals surface area contributed by atoms with Crippen molar-refractivity contribution in [2.45, 2.75) is 52.0 Å². The fraction of sp³-hybridized carbons (Fsp3) is 0.778. The van der Waals surface area contributed by atoms with E-state index in [9.17, 15) is 5.11 Å². The van der Waals surface area contributed by atoms with Crippen LogP contribution in [0.2, 0.25) is 0 Å². The van der Waals surface area contributed by atoms with Crippen LogP contribution in [0.3, 0.4) is 0 Å². The summed E-state index contributed by atoms with van der Waals surface area (Å²) in [7, 11) is 4.00. The second kappa shape index (κ2) is 9.97. The smallest absolute Gasteiger partial charge is 0.191 e. The van der Waals surface area contributed by atoms with Crippen LogP contribution in [0.4, 0.5) is 5.13 Å². The van der Waals surface area contributed by atoms with E-state index in [-0.39, 0.29) is 12.0 Å². The molecular formula is C18H33N5OS. The number of anilines is 1. The summed E-state index contributed by atoms with van der Waals surface area (Å²) in [6, 6.07) is 0. The van der Waals surface area contributed by atoms with Gasteiger partial charge in [-0.3, -0.25) is 0 Å². The Balaban J connectivity index is 1.96. The molecule has 142 valence electrons. The average Bonchev–Trinajstić information content (AvgIpc) is 3.08. The molecular weight excluding hydrogens is 334 g/mol. The highest BCUT2D eigenvalue weighted by Gasteiger charge is 2.31. The molecule has 0 spiro atoms. The summed E-state index contributed by atoms with van der Waals surface area (Å²) in [6.07, 6.45) is 7.11. The molecule has 3 N–H and O–H groups in total. The van der Waals surface area contributed by atoms with E-state index in [1.54, 1.807) is 11.3 Å². The van der Waals surface area contributed by atoms with E-state index >= 15 is 0 Å². The lowest BCUT2D eigenvalue weighted by molar-refractivity contribution is 0.131. The van der Waals surface area contributed by atoms with Crippen LogP contribution in [0, 0.1) is 5.41 Å². The minimum atomic E-state index is 0.210. The number of hydrogen-bond donors (Lipinski definition) is 3. The van der Waals surface area contributed by atoms with Gasteiger partial charge in [-0.25, -0.2) is 9.98 Å². The molecule has 0 aliphatic heterocycles. The molecule has 0 saturated heterocycles. The third-order valence-corrected chi connectivity index (χ3v) is 5.91. The van der Waals surface area contributed by atoms with Gasteiger partial charge in [0.25, 0.3) is 0 Å². The number of guanidine groups is 1. The lowest BCUT2D eigenvalue weighted by atomic mass is 9.72. The second-order valence-corrected chi connectivity index (χ2v) is 7.94. The van der Waals surface area contributed by atoms with E-state index in [1.165, 1.54) is 32.1 Å². The van der Waals surface area contributed by atoms with Crippen molar-refractivity contribution in [3.05, 3.63) is 11.1 Å². The van der Waals surface area contributed by atoms with Crippen LogP contribution in [0.15, 0.2) is 10.4 Å². The molecule has 1 aromatic rings. The normalized spacial score (nSPS) is 17.4. The molecule has 0 amide bonds. The number of rotatable bonds is 8. The molecule has 6 nitrogen and oxygen atoms in total. The van der Waals surface area contributed by atoms with Gasteiger partial charge in [0.15, 0.2) is 11.1 Å². The van der Waals surface area contributed by atoms with Crippen molar-refractivity contribution in [1.82, 2.24) is 15.6 Å². The summed E-state index contributed by atoms with van der Waals surface area (Å²) >= 11 is 1.64. The lowest BCUT2D eigenvalue weighted by Gasteiger charge is -2.37. The molecule has 1 heterocycles. The van der Waals surface area contributed by atoms with E-state index < -0.39 is 0 Å². The van der Waals surface area contributed by atoms with Gasteiger partial charge < -0.3 is 20.6 Å². The van der Waals surface area contributed by atoms with Crippen molar-refractivity contribution in [3.8, 4) is 0 Å². The minimum absolute atomic E-state index is 0.210. The van der Waals surface area contributed by atoms with Crippen LogP contribution >= 0.6 is 11.3 Å². The van der Waals surface area contributed by atoms with Crippen molar-refractivity contribution in [3.63, 3.8) is 0 Å². The van der Waals surface area contributed by atoms with Gasteiger partial charge in [-0.2, -0.15) is 0 Å². The fourth-order valence-corrected chi connectivity index (χ4v) is 4.15. The number of thiazole rings is 1. The summed E-state index contributed by atoms with van der Waals surface area (Å²) < 4.78 is 0. The topological polar surface area (TPSA) is 72.8 Å². The summed E-state index contributed by atoms with van der Waals surface area (Å²) in [5.74, 6) is 0.838. The Hall–Kier alpha value is -1.34. The standard InChI is InChI=1S/C18H33N5OS/c1-4-19-16(20-12-15-13-25-17(22-15)23(2)3)21-14-18(10-11-24)8-6-5-7-9-18/h13,24H,4-12,14H2,1-3H3,(H2,19,20,21). The molecule has 25 heavy (non-hydrogen) atoms. The Kier molecular flexibility index (Phi) is 7.96. The van der Waals surface area contributed by atoms with Crippen molar-refractivity contribution in [2.75, 3.05) is 38.7 Å². The zero-order valence-electron chi connectivity index (χ0n) is 15.8. The largest absolute Gasteiger partial charge is 0.396 e. The molecule has 1 aromatic heterocycles. The van der Waals surface area contributed by atoms with E-state index in [2.05, 4.69) is 32.9 Å². The van der Waals surface area contributed by atoms with E-state index in [0.29, 0.717) is 6.54 Å². The molecule has 2 rings (SSSR count). The third kappa shape index (κ3) is 6.15. The number of aliphatic hydroxyl groups is 1. The number of aliphatic imine (C=N–C) groups is 1. The summed E-state index contributed by atoms with van der Waals surface area (Å²) in [5.41, 5.74) is 1.20. The molecule has 1 aliphatic rings. The highest BCUT2D eigenvalue weighted by atomic mass is 32.1. The van der Waals surface area contributed by atoms with Gasteiger partial charge in [-0.05, 0) is 31.6 Å². The molecule has 0 aromatic carbocycles. The predicted octanol–water partition coefficient (Wildman–Crippen LogP) is 2.60. The Morgan fingerprint density at radius 2 is 2.08 bits per heavy atom. The molecule has 0 bridgehead atoms. The van der Waals surface area contributed by atoms with E-state index in [1.807, 2.05) is 19.0 Å². The third-order valence-electron chi connectivity index (χ3n) is 4.85. The van der Waals surface area contributed by atoms with Crippen molar-refractivity contribution < 1.29 is 5.11 Å². The van der Waals surface area contributed by atoms with Gasteiger partial charge in [0.2, 0.25) is 0 Å². The van der Waals surface area contributed by atoms with E-state index in [4.69, 9.17) is 0 Å². The van der Waals surface area contributed by atoms with Gasteiger partial charge >= 0.3 is 0 Å². The van der Waals surface area contributed by atoms with Crippen molar-refractivity contribution in [1.29, 1.82) is 0 Å². The van der Waals surface area contributed by atoms with Crippen LogP contribution < -0.4 is 15.5 Å². The zero-order valence-corrected chi connectivity index (χ0v) is 16.7. The molecule has 7 heteroatoms. The SMILES string of the molecule is CCNC(=NCc1csc(N(C)C)n1)NCC1(CCO)CCCCC1. The maximum atomic E-state index is 9.47. The van der Waals surface area contributed by atoms with Crippen LogP contribution in [0.5, 0.6) is 0 Å². The molecule has 1 saturated carbocycles. The molecule has 0 radical (unpaired) electrons. The van der Waals surface area contributed by atoms with Crippen LogP contribution in [-0.2, 0) is 6.54 Å². The molecule has 0 atom stereocenters. The maximum Gasteiger partial charge on any atom is 0.191 e. The molecule has 0 unspecified atom stereocenters. The molecule has 1 fully saturated rings. The highest BCUT2D eigenvalue weighted by Crippen LogP contribution is 2.38. The number of aliphatic hydroxyl groups excluding tert-OH is 1. The Morgan fingerprint density at radius 1 is 1.32 bits per heavy atom. The Labute approximate surface area is 155 Å². The first-order valence-electron chi connectivity index (χ1n) is 9.33. The first-order valence-corrected chi connectivity index (χ1v) is 10.2. The Bertz CT molecular complexity index is 532. The number of aromatic nitrogens is 1. The molecule has 1 aliphatic carbocycles. The predicted molar refractivity (Wildman–Crippen MR) is 106 cm³/mol. The number of nitrogens with zero attached hydrogens (tertiary/aromatic N) is 3. The summed E-state index contributed by atoms with van der Waals surface area (Å²) in [5, 5.41) is 19.4. The van der Waals surface area contributed by atoms with Crippen LogP contribution in [0.25, 0.3) is 0 Å². The monoisotopic (exact) mass is 367 g/mol. The first-order chi connectivity index (χ1) is 12.1. The van der Waals surface area contributed by atoms with Gasteiger partial charge in [0, 0.05) is 39.2 Å². The Morgan fingerprint density at radius 3 is 2.68 bits per heavy atom.